The molecule has 0 fully saturated rings. The summed E-state index contributed by atoms with van der Waals surface area (Å²) in [5.41, 5.74) is 0.785. The summed E-state index contributed by atoms with van der Waals surface area (Å²) in [6.07, 6.45) is 1.04. The molecule has 0 aromatic heterocycles. The third kappa shape index (κ3) is 8.51. The molecule has 24 heavy (non-hydrogen) atoms. The Hall–Kier alpha value is -1.32. The van der Waals surface area contributed by atoms with Crippen molar-refractivity contribution < 1.29 is 18.3 Å². The van der Waals surface area contributed by atoms with E-state index < -0.39 is 6.61 Å². The molecule has 1 rings (SSSR count). The quantitative estimate of drug-likeness (QED) is 0.356. The van der Waals surface area contributed by atoms with Crippen molar-refractivity contribution in [3.8, 4) is 11.5 Å². The second-order valence-electron chi connectivity index (χ2n) is 5.40. The van der Waals surface area contributed by atoms with Crippen LogP contribution in [0.25, 0.3) is 0 Å². The molecule has 0 aliphatic rings. The summed E-state index contributed by atoms with van der Waals surface area (Å²) in [5, 5.41) is 6.34. The predicted octanol–water partition coefficient (Wildman–Crippen LogP) is 3.63. The summed E-state index contributed by atoms with van der Waals surface area (Å²) < 4.78 is 34.3. The topological polar surface area (TPSA) is 54.9 Å². The second kappa shape index (κ2) is 12.1. The van der Waals surface area contributed by atoms with Crippen LogP contribution in [0.4, 0.5) is 8.78 Å². The normalized spacial score (nSPS) is 11.2. The van der Waals surface area contributed by atoms with Crippen molar-refractivity contribution in [2.75, 3.05) is 20.7 Å². The SMILES string of the molecule is CN=C(NCCC(C)C)NCc1ccc(OC)c(OC(F)F)c1.I. The van der Waals surface area contributed by atoms with Crippen molar-refractivity contribution >= 4 is 29.9 Å². The highest BCUT2D eigenvalue weighted by Crippen LogP contribution is 2.29. The maximum Gasteiger partial charge on any atom is 0.387 e. The van der Waals surface area contributed by atoms with Gasteiger partial charge < -0.3 is 20.1 Å². The van der Waals surface area contributed by atoms with Crippen LogP contribution in [0.3, 0.4) is 0 Å². The molecule has 8 heteroatoms. The van der Waals surface area contributed by atoms with E-state index in [1.807, 2.05) is 0 Å². The van der Waals surface area contributed by atoms with Gasteiger partial charge in [-0.2, -0.15) is 8.78 Å². The Morgan fingerprint density at radius 2 is 1.92 bits per heavy atom. The van der Waals surface area contributed by atoms with E-state index in [-0.39, 0.29) is 35.5 Å². The van der Waals surface area contributed by atoms with E-state index >= 15 is 0 Å². The molecule has 2 N–H and O–H groups in total. The van der Waals surface area contributed by atoms with Gasteiger partial charge in [0.2, 0.25) is 0 Å². The Balaban J connectivity index is 0.00000529. The fourth-order valence-corrected chi connectivity index (χ4v) is 1.90. The Morgan fingerprint density at radius 1 is 1.21 bits per heavy atom. The summed E-state index contributed by atoms with van der Waals surface area (Å²) in [4.78, 5) is 4.12. The molecule has 5 nitrogen and oxygen atoms in total. The summed E-state index contributed by atoms with van der Waals surface area (Å²) in [6, 6.07) is 4.91. The summed E-state index contributed by atoms with van der Waals surface area (Å²) in [7, 11) is 3.09. The van der Waals surface area contributed by atoms with Gasteiger partial charge in [0.15, 0.2) is 17.5 Å². The number of nitrogens with zero attached hydrogens (tertiary/aromatic N) is 1. The molecule has 0 bridgehead atoms. The smallest absolute Gasteiger partial charge is 0.387 e. The minimum Gasteiger partial charge on any atom is -0.493 e. The van der Waals surface area contributed by atoms with E-state index in [1.165, 1.54) is 13.2 Å². The number of rotatable bonds is 8. The van der Waals surface area contributed by atoms with Gasteiger partial charge in [-0.05, 0) is 30.0 Å². The average Bonchev–Trinajstić information content (AvgIpc) is 2.50. The van der Waals surface area contributed by atoms with E-state index in [0.29, 0.717) is 18.4 Å². The molecular formula is C16H26F2IN3O2. The standard InChI is InChI=1S/C16H25F2N3O2.HI/c1-11(2)7-8-20-16(19-3)21-10-12-5-6-13(22-4)14(9-12)23-15(17)18;/h5-6,9,11,15H,7-8,10H2,1-4H3,(H2,19,20,21);1H. The minimum atomic E-state index is -2.89. The van der Waals surface area contributed by atoms with Crippen molar-refractivity contribution in [2.45, 2.75) is 33.4 Å². The molecule has 0 saturated heterocycles. The molecule has 0 atom stereocenters. The lowest BCUT2D eigenvalue weighted by Crippen LogP contribution is -2.37. The van der Waals surface area contributed by atoms with E-state index in [2.05, 4.69) is 34.2 Å². The molecule has 0 amide bonds. The monoisotopic (exact) mass is 457 g/mol. The van der Waals surface area contributed by atoms with Crippen molar-refractivity contribution in [1.29, 1.82) is 0 Å². The molecule has 0 spiro atoms. The Morgan fingerprint density at radius 3 is 2.46 bits per heavy atom. The lowest BCUT2D eigenvalue weighted by atomic mass is 10.1. The molecule has 138 valence electrons. The van der Waals surface area contributed by atoms with Gasteiger partial charge in [-0.25, -0.2) is 0 Å². The number of benzene rings is 1. The summed E-state index contributed by atoms with van der Waals surface area (Å²) in [6.45, 7) is 2.67. The van der Waals surface area contributed by atoms with E-state index in [9.17, 15) is 8.78 Å². The van der Waals surface area contributed by atoms with E-state index in [4.69, 9.17) is 4.74 Å². The van der Waals surface area contributed by atoms with Crippen LogP contribution in [-0.4, -0.2) is 33.3 Å². The number of hydrogen-bond acceptors (Lipinski definition) is 3. The molecule has 0 heterocycles. The highest BCUT2D eigenvalue weighted by Gasteiger charge is 2.11. The minimum absolute atomic E-state index is 0. The lowest BCUT2D eigenvalue weighted by molar-refractivity contribution is -0.0512. The Kier molecular flexibility index (Phi) is 11.4. The van der Waals surface area contributed by atoms with Gasteiger partial charge in [-0.1, -0.05) is 19.9 Å². The number of hydrogen-bond donors (Lipinski definition) is 2. The van der Waals surface area contributed by atoms with Crippen LogP contribution in [0.15, 0.2) is 23.2 Å². The van der Waals surface area contributed by atoms with Crippen LogP contribution in [0.5, 0.6) is 11.5 Å². The van der Waals surface area contributed by atoms with Crippen molar-refractivity contribution in [3.05, 3.63) is 23.8 Å². The highest BCUT2D eigenvalue weighted by molar-refractivity contribution is 14.0. The third-order valence-corrected chi connectivity index (χ3v) is 3.14. The van der Waals surface area contributed by atoms with Crippen LogP contribution < -0.4 is 20.1 Å². The first-order valence-corrected chi connectivity index (χ1v) is 7.52. The summed E-state index contributed by atoms with van der Waals surface area (Å²) in [5.74, 6) is 1.56. The van der Waals surface area contributed by atoms with Gasteiger partial charge in [0, 0.05) is 20.1 Å². The van der Waals surface area contributed by atoms with Crippen LogP contribution in [0.2, 0.25) is 0 Å². The zero-order valence-electron chi connectivity index (χ0n) is 14.4. The van der Waals surface area contributed by atoms with Crippen molar-refractivity contribution in [2.24, 2.45) is 10.9 Å². The average molecular weight is 457 g/mol. The third-order valence-electron chi connectivity index (χ3n) is 3.14. The first kappa shape index (κ1) is 22.7. The van der Waals surface area contributed by atoms with Gasteiger partial charge in [-0.3, -0.25) is 4.99 Å². The van der Waals surface area contributed by atoms with Gasteiger partial charge in [0.1, 0.15) is 0 Å². The zero-order valence-corrected chi connectivity index (χ0v) is 16.8. The molecule has 0 saturated carbocycles. The Labute approximate surface area is 159 Å². The largest absolute Gasteiger partial charge is 0.493 e. The lowest BCUT2D eigenvalue weighted by Gasteiger charge is -2.14. The number of ether oxygens (including phenoxy) is 2. The van der Waals surface area contributed by atoms with Crippen LogP contribution >= 0.6 is 24.0 Å². The fourth-order valence-electron chi connectivity index (χ4n) is 1.90. The predicted molar refractivity (Wildman–Crippen MR) is 103 cm³/mol. The first-order chi connectivity index (χ1) is 11.0. The highest BCUT2D eigenvalue weighted by atomic mass is 127. The number of alkyl halides is 2. The molecule has 0 radical (unpaired) electrons. The van der Waals surface area contributed by atoms with E-state index in [1.54, 1.807) is 19.2 Å². The van der Waals surface area contributed by atoms with Crippen LogP contribution in [0, 0.1) is 5.92 Å². The maximum atomic E-state index is 12.4. The van der Waals surface area contributed by atoms with Crippen LogP contribution in [0.1, 0.15) is 25.8 Å². The maximum absolute atomic E-state index is 12.4. The second-order valence-corrected chi connectivity index (χ2v) is 5.40. The molecule has 0 unspecified atom stereocenters. The number of nitrogens with one attached hydrogen (secondary N) is 2. The molecule has 1 aromatic carbocycles. The first-order valence-electron chi connectivity index (χ1n) is 7.52. The van der Waals surface area contributed by atoms with Crippen LogP contribution in [-0.2, 0) is 6.54 Å². The number of aliphatic imine (C=N–C) groups is 1. The zero-order chi connectivity index (χ0) is 17.2. The number of halogens is 3. The molecular weight excluding hydrogens is 431 g/mol. The van der Waals surface area contributed by atoms with E-state index in [0.717, 1.165) is 18.5 Å². The van der Waals surface area contributed by atoms with Gasteiger partial charge in [0.05, 0.1) is 7.11 Å². The van der Waals surface area contributed by atoms with Gasteiger partial charge in [0.25, 0.3) is 0 Å². The molecule has 1 aromatic rings. The van der Waals surface area contributed by atoms with Gasteiger partial charge in [-0.15, -0.1) is 24.0 Å². The Bertz CT molecular complexity index is 514. The van der Waals surface area contributed by atoms with Crippen molar-refractivity contribution in [3.63, 3.8) is 0 Å². The summed E-state index contributed by atoms with van der Waals surface area (Å²) >= 11 is 0. The molecule has 0 aliphatic heterocycles. The number of methoxy groups -OCH3 is 1. The number of guanidine groups is 1. The fraction of sp³-hybridized carbons (Fsp3) is 0.562. The van der Waals surface area contributed by atoms with Crippen molar-refractivity contribution in [1.82, 2.24) is 10.6 Å². The van der Waals surface area contributed by atoms with Gasteiger partial charge >= 0.3 is 6.61 Å². The molecule has 0 aliphatic carbocycles.